The SMILES string of the molecule is CCCCC(C(=O)N[C@H](CC(=O)O)c1ccc(C)cc1)n1cc(C)cc(Cc2ccccc2)c1=O. The van der Waals surface area contributed by atoms with Crippen LogP contribution in [0.25, 0.3) is 0 Å². The summed E-state index contributed by atoms with van der Waals surface area (Å²) < 4.78 is 1.53. The predicted molar refractivity (Wildman–Crippen MR) is 138 cm³/mol. The van der Waals surface area contributed by atoms with E-state index in [2.05, 4.69) is 5.32 Å². The number of rotatable bonds is 11. The number of aryl methyl sites for hydroxylation is 2. The lowest BCUT2D eigenvalue weighted by Gasteiger charge is -2.24. The molecule has 1 amide bonds. The monoisotopic (exact) mass is 474 g/mol. The second-order valence-corrected chi connectivity index (χ2v) is 9.15. The summed E-state index contributed by atoms with van der Waals surface area (Å²) in [6.45, 7) is 5.90. The molecule has 2 N–H and O–H groups in total. The number of carboxylic acid groups (broad SMARTS) is 1. The van der Waals surface area contributed by atoms with Crippen molar-refractivity contribution < 1.29 is 14.7 Å². The molecule has 1 heterocycles. The Kier molecular flexibility index (Phi) is 9.01. The molecule has 6 nitrogen and oxygen atoms in total. The number of unbranched alkanes of at least 4 members (excludes halogenated alkanes) is 1. The molecule has 1 aromatic heterocycles. The van der Waals surface area contributed by atoms with Gasteiger partial charge in [0, 0.05) is 18.2 Å². The van der Waals surface area contributed by atoms with E-state index in [9.17, 15) is 19.5 Å². The molecule has 6 heteroatoms. The quantitative estimate of drug-likeness (QED) is 0.404. The largest absolute Gasteiger partial charge is 0.481 e. The number of carboxylic acids is 1. The van der Waals surface area contributed by atoms with Gasteiger partial charge in [-0.25, -0.2) is 0 Å². The zero-order valence-electron chi connectivity index (χ0n) is 20.7. The summed E-state index contributed by atoms with van der Waals surface area (Å²) >= 11 is 0. The highest BCUT2D eigenvalue weighted by molar-refractivity contribution is 5.81. The summed E-state index contributed by atoms with van der Waals surface area (Å²) in [4.78, 5) is 38.6. The molecule has 0 spiro atoms. The molecule has 1 unspecified atom stereocenters. The molecule has 2 atom stereocenters. The standard InChI is InChI=1S/C29H34N2O4/c1-4-5-11-26(28(34)30-25(18-27(32)33)23-14-12-20(2)13-15-23)31-19-21(3)16-24(29(31)35)17-22-9-7-6-8-10-22/h6-10,12-16,19,25-26H,4-5,11,17-18H2,1-3H3,(H,30,34)(H,32,33)/t25-,26?/m1/s1. The Morgan fingerprint density at radius 2 is 1.69 bits per heavy atom. The summed E-state index contributed by atoms with van der Waals surface area (Å²) in [6.07, 6.45) is 4.10. The van der Waals surface area contributed by atoms with E-state index in [0.29, 0.717) is 18.4 Å². The van der Waals surface area contributed by atoms with Crippen molar-refractivity contribution in [3.8, 4) is 0 Å². The number of nitrogens with zero attached hydrogens (tertiary/aromatic N) is 1. The normalized spacial score (nSPS) is 12.7. The Bertz CT molecular complexity index is 1200. The van der Waals surface area contributed by atoms with Crippen LogP contribution in [0.4, 0.5) is 0 Å². The lowest BCUT2D eigenvalue weighted by Crippen LogP contribution is -2.40. The van der Waals surface area contributed by atoms with Crippen LogP contribution in [-0.2, 0) is 16.0 Å². The summed E-state index contributed by atoms with van der Waals surface area (Å²) in [5.41, 5.74) is 4.13. The molecule has 3 aromatic rings. The van der Waals surface area contributed by atoms with Crippen molar-refractivity contribution in [1.82, 2.24) is 9.88 Å². The number of nitrogens with one attached hydrogen (secondary N) is 1. The molecule has 0 aliphatic carbocycles. The Morgan fingerprint density at radius 1 is 1.00 bits per heavy atom. The van der Waals surface area contributed by atoms with Gasteiger partial charge in [-0.15, -0.1) is 0 Å². The van der Waals surface area contributed by atoms with Crippen LogP contribution in [0.5, 0.6) is 0 Å². The van der Waals surface area contributed by atoms with Crippen LogP contribution < -0.4 is 10.9 Å². The first-order chi connectivity index (χ1) is 16.8. The van der Waals surface area contributed by atoms with Crippen LogP contribution in [0, 0.1) is 13.8 Å². The molecule has 3 rings (SSSR count). The van der Waals surface area contributed by atoms with Gasteiger partial charge < -0.3 is 15.0 Å². The zero-order chi connectivity index (χ0) is 25.4. The molecule has 0 saturated carbocycles. The lowest BCUT2D eigenvalue weighted by molar-refractivity contribution is -0.137. The third kappa shape index (κ3) is 7.15. The van der Waals surface area contributed by atoms with E-state index in [4.69, 9.17) is 0 Å². The molecule has 184 valence electrons. The van der Waals surface area contributed by atoms with Gasteiger partial charge in [-0.2, -0.15) is 0 Å². The van der Waals surface area contributed by atoms with E-state index < -0.39 is 18.1 Å². The van der Waals surface area contributed by atoms with Crippen LogP contribution in [0.2, 0.25) is 0 Å². The van der Waals surface area contributed by atoms with Gasteiger partial charge in [0.05, 0.1) is 12.5 Å². The number of carbonyl (C=O) groups excluding carboxylic acids is 1. The molecule has 0 bridgehead atoms. The average molecular weight is 475 g/mol. The zero-order valence-corrected chi connectivity index (χ0v) is 20.7. The maximum absolute atomic E-state index is 13.6. The number of carbonyl (C=O) groups is 2. The van der Waals surface area contributed by atoms with Gasteiger partial charge in [0.1, 0.15) is 6.04 Å². The molecule has 0 aliphatic rings. The van der Waals surface area contributed by atoms with E-state index in [1.807, 2.05) is 81.4 Å². The summed E-state index contributed by atoms with van der Waals surface area (Å²) in [6, 6.07) is 17.7. The summed E-state index contributed by atoms with van der Waals surface area (Å²) in [5.74, 6) is -1.34. The number of hydrogen-bond donors (Lipinski definition) is 2. The van der Waals surface area contributed by atoms with Crippen molar-refractivity contribution >= 4 is 11.9 Å². The van der Waals surface area contributed by atoms with Crippen molar-refractivity contribution in [1.29, 1.82) is 0 Å². The molecule has 0 fully saturated rings. The number of pyridine rings is 1. The summed E-state index contributed by atoms with van der Waals surface area (Å²) in [7, 11) is 0. The lowest BCUT2D eigenvalue weighted by atomic mass is 10.0. The predicted octanol–water partition coefficient (Wildman–Crippen LogP) is 5.12. The van der Waals surface area contributed by atoms with Gasteiger partial charge in [-0.1, -0.05) is 79.9 Å². The number of aromatic nitrogens is 1. The van der Waals surface area contributed by atoms with Gasteiger partial charge in [0.15, 0.2) is 0 Å². The number of hydrogen-bond acceptors (Lipinski definition) is 3. The molecule has 35 heavy (non-hydrogen) atoms. The minimum Gasteiger partial charge on any atom is -0.481 e. The van der Waals surface area contributed by atoms with Crippen LogP contribution >= 0.6 is 0 Å². The van der Waals surface area contributed by atoms with Gasteiger partial charge in [0.25, 0.3) is 5.56 Å². The van der Waals surface area contributed by atoms with Crippen LogP contribution in [-0.4, -0.2) is 21.6 Å². The first-order valence-corrected chi connectivity index (χ1v) is 12.1. The Hall–Kier alpha value is -3.67. The third-order valence-electron chi connectivity index (χ3n) is 6.14. The van der Waals surface area contributed by atoms with E-state index in [1.165, 1.54) is 4.57 Å². The molecular formula is C29H34N2O4. The second kappa shape index (κ2) is 12.2. The van der Waals surface area contributed by atoms with Crippen molar-refractivity contribution in [3.63, 3.8) is 0 Å². The highest BCUT2D eigenvalue weighted by Gasteiger charge is 2.26. The molecule has 2 aromatic carbocycles. The Morgan fingerprint density at radius 3 is 2.31 bits per heavy atom. The fourth-order valence-corrected chi connectivity index (χ4v) is 4.28. The number of aliphatic carboxylic acids is 1. The minimum atomic E-state index is -1.00. The minimum absolute atomic E-state index is 0.194. The maximum Gasteiger partial charge on any atom is 0.305 e. The topological polar surface area (TPSA) is 88.4 Å². The Labute approximate surface area is 206 Å². The molecular weight excluding hydrogens is 440 g/mol. The van der Waals surface area contributed by atoms with Crippen LogP contribution in [0.15, 0.2) is 71.7 Å². The molecule has 0 saturated heterocycles. The van der Waals surface area contributed by atoms with E-state index in [-0.39, 0.29) is 17.9 Å². The van der Waals surface area contributed by atoms with Gasteiger partial charge in [-0.3, -0.25) is 14.4 Å². The van der Waals surface area contributed by atoms with Crippen molar-refractivity contribution in [2.75, 3.05) is 0 Å². The maximum atomic E-state index is 13.6. The smallest absolute Gasteiger partial charge is 0.305 e. The fraction of sp³-hybridized carbons (Fsp3) is 0.345. The van der Waals surface area contributed by atoms with Crippen LogP contribution in [0.1, 0.15) is 72.5 Å². The van der Waals surface area contributed by atoms with Gasteiger partial charge >= 0.3 is 5.97 Å². The Balaban J connectivity index is 1.95. The first-order valence-electron chi connectivity index (χ1n) is 12.1. The summed E-state index contributed by atoms with van der Waals surface area (Å²) in [5, 5.41) is 12.4. The molecule has 0 aliphatic heterocycles. The average Bonchev–Trinajstić information content (AvgIpc) is 2.82. The second-order valence-electron chi connectivity index (χ2n) is 9.15. The van der Waals surface area contributed by atoms with Crippen molar-refractivity contribution in [2.24, 2.45) is 0 Å². The number of benzene rings is 2. The van der Waals surface area contributed by atoms with Crippen molar-refractivity contribution in [2.45, 2.75) is 65.0 Å². The van der Waals surface area contributed by atoms with E-state index in [0.717, 1.165) is 35.1 Å². The van der Waals surface area contributed by atoms with E-state index >= 15 is 0 Å². The first kappa shape index (κ1) is 25.9. The van der Waals surface area contributed by atoms with E-state index in [1.54, 1.807) is 6.20 Å². The number of amides is 1. The highest BCUT2D eigenvalue weighted by atomic mass is 16.4. The highest BCUT2D eigenvalue weighted by Crippen LogP contribution is 2.22. The fourth-order valence-electron chi connectivity index (χ4n) is 4.28. The van der Waals surface area contributed by atoms with Gasteiger partial charge in [-0.05, 0) is 43.0 Å². The third-order valence-corrected chi connectivity index (χ3v) is 6.14. The molecule has 0 radical (unpaired) electrons. The van der Waals surface area contributed by atoms with Gasteiger partial charge in [0.2, 0.25) is 5.91 Å². The van der Waals surface area contributed by atoms with Crippen LogP contribution in [0.3, 0.4) is 0 Å². The van der Waals surface area contributed by atoms with Crippen molar-refractivity contribution in [3.05, 3.63) is 105 Å².